The average Bonchev–Trinajstić information content (AvgIpc) is 2.65. The highest BCUT2D eigenvalue weighted by Gasteiger charge is 2.33. The van der Waals surface area contributed by atoms with E-state index in [-0.39, 0.29) is 5.54 Å². The highest BCUT2D eigenvalue weighted by molar-refractivity contribution is 7.10. The molecule has 0 aliphatic carbocycles. The van der Waals surface area contributed by atoms with E-state index in [1.54, 1.807) is 10.4 Å². The molecule has 2 heteroatoms. The Morgan fingerprint density at radius 3 is 2.92 bits per heavy atom. The van der Waals surface area contributed by atoms with Crippen LogP contribution in [0.1, 0.15) is 37.1 Å². The minimum atomic E-state index is 0.285. The van der Waals surface area contributed by atoms with E-state index in [2.05, 4.69) is 30.6 Å². The quantitative estimate of drug-likeness (QED) is 0.765. The summed E-state index contributed by atoms with van der Waals surface area (Å²) >= 11 is 1.92. The smallest absolute Gasteiger partial charge is 0.0440 e. The van der Waals surface area contributed by atoms with Crippen LogP contribution in [0.4, 0.5) is 0 Å². The molecule has 0 atom stereocenters. The van der Waals surface area contributed by atoms with E-state index in [9.17, 15) is 0 Å². The first-order chi connectivity index (χ1) is 6.32. The van der Waals surface area contributed by atoms with Gasteiger partial charge in [0.2, 0.25) is 0 Å². The summed E-state index contributed by atoms with van der Waals surface area (Å²) in [7, 11) is 0. The van der Waals surface area contributed by atoms with Crippen LogP contribution >= 0.6 is 11.3 Å². The Balaban J connectivity index is 2.43. The second-order valence-electron chi connectivity index (χ2n) is 3.72. The Kier molecular flexibility index (Phi) is 2.43. The summed E-state index contributed by atoms with van der Waals surface area (Å²) in [6.45, 7) is 5.71. The molecule has 1 aromatic heterocycles. The van der Waals surface area contributed by atoms with Crippen molar-refractivity contribution in [3.05, 3.63) is 21.9 Å². The van der Waals surface area contributed by atoms with Gasteiger partial charge in [-0.1, -0.05) is 13.8 Å². The number of nitrogens with one attached hydrogen (secondary N) is 1. The third-order valence-electron chi connectivity index (χ3n) is 3.28. The van der Waals surface area contributed by atoms with Crippen molar-refractivity contribution in [1.29, 1.82) is 0 Å². The number of fused-ring (bicyclic) bond motifs is 1. The summed E-state index contributed by atoms with van der Waals surface area (Å²) in [6, 6.07) is 2.30. The van der Waals surface area contributed by atoms with Crippen LogP contribution in [0.3, 0.4) is 0 Å². The normalized spacial score (nSPS) is 19.8. The molecule has 1 nitrogen and oxygen atoms in total. The molecule has 0 saturated heterocycles. The van der Waals surface area contributed by atoms with Gasteiger partial charge in [0.1, 0.15) is 0 Å². The van der Waals surface area contributed by atoms with Crippen LogP contribution in [0, 0.1) is 0 Å². The molecule has 13 heavy (non-hydrogen) atoms. The zero-order valence-corrected chi connectivity index (χ0v) is 9.21. The lowest BCUT2D eigenvalue weighted by atomic mass is 9.82. The monoisotopic (exact) mass is 195 g/mol. The van der Waals surface area contributed by atoms with E-state index in [1.807, 2.05) is 11.3 Å². The molecule has 0 fully saturated rings. The highest BCUT2D eigenvalue weighted by Crippen LogP contribution is 2.36. The van der Waals surface area contributed by atoms with Gasteiger partial charge in [0.05, 0.1) is 0 Å². The van der Waals surface area contributed by atoms with Gasteiger partial charge in [-0.2, -0.15) is 0 Å². The Bertz CT molecular complexity index is 286. The maximum absolute atomic E-state index is 3.68. The van der Waals surface area contributed by atoms with Crippen LogP contribution in [0.15, 0.2) is 11.4 Å². The maximum Gasteiger partial charge on any atom is 0.0440 e. The van der Waals surface area contributed by atoms with Crippen LogP contribution in [0.25, 0.3) is 0 Å². The summed E-state index contributed by atoms with van der Waals surface area (Å²) in [5.74, 6) is 0. The predicted molar refractivity (Wildman–Crippen MR) is 58.3 cm³/mol. The highest BCUT2D eigenvalue weighted by atomic mass is 32.1. The summed E-state index contributed by atoms with van der Waals surface area (Å²) in [5.41, 5.74) is 1.85. The number of hydrogen-bond donors (Lipinski definition) is 1. The zero-order valence-electron chi connectivity index (χ0n) is 8.39. The van der Waals surface area contributed by atoms with Crippen LogP contribution in [-0.2, 0) is 12.0 Å². The Hall–Kier alpha value is -0.340. The standard InChI is InChI=1S/C11H17NS/c1-3-11(4-2)9-6-8-13-10(9)5-7-12-11/h6,8,12H,3-5,7H2,1-2H3. The average molecular weight is 195 g/mol. The van der Waals surface area contributed by atoms with Gasteiger partial charge in [-0.15, -0.1) is 11.3 Å². The van der Waals surface area contributed by atoms with Crippen molar-refractivity contribution in [3.8, 4) is 0 Å². The molecule has 2 heterocycles. The molecule has 0 saturated carbocycles. The van der Waals surface area contributed by atoms with Crippen molar-refractivity contribution >= 4 is 11.3 Å². The van der Waals surface area contributed by atoms with Gasteiger partial charge < -0.3 is 5.32 Å². The zero-order chi connectivity index (χ0) is 9.31. The van der Waals surface area contributed by atoms with Gasteiger partial charge in [0, 0.05) is 17.0 Å². The third kappa shape index (κ3) is 1.32. The Morgan fingerprint density at radius 2 is 2.23 bits per heavy atom. The van der Waals surface area contributed by atoms with Gasteiger partial charge in [-0.3, -0.25) is 0 Å². The van der Waals surface area contributed by atoms with E-state index < -0.39 is 0 Å². The van der Waals surface area contributed by atoms with Gasteiger partial charge in [-0.25, -0.2) is 0 Å². The first-order valence-electron chi connectivity index (χ1n) is 5.14. The minimum absolute atomic E-state index is 0.285. The first-order valence-corrected chi connectivity index (χ1v) is 6.02. The Morgan fingerprint density at radius 1 is 1.46 bits per heavy atom. The molecular weight excluding hydrogens is 178 g/mol. The number of rotatable bonds is 2. The van der Waals surface area contributed by atoms with Gasteiger partial charge in [-0.05, 0) is 36.3 Å². The molecule has 1 aliphatic rings. The van der Waals surface area contributed by atoms with Gasteiger partial charge in [0.15, 0.2) is 0 Å². The molecule has 0 unspecified atom stereocenters. The van der Waals surface area contributed by atoms with E-state index >= 15 is 0 Å². The topological polar surface area (TPSA) is 12.0 Å². The van der Waals surface area contributed by atoms with Crippen molar-refractivity contribution in [2.24, 2.45) is 0 Å². The molecule has 0 spiro atoms. The van der Waals surface area contributed by atoms with Crippen molar-refractivity contribution < 1.29 is 0 Å². The van der Waals surface area contributed by atoms with Gasteiger partial charge in [0.25, 0.3) is 0 Å². The molecule has 0 bridgehead atoms. The minimum Gasteiger partial charge on any atom is -0.307 e. The molecule has 1 aromatic rings. The van der Waals surface area contributed by atoms with E-state index in [4.69, 9.17) is 0 Å². The van der Waals surface area contributed by atoms with Gasteiger partial charge >= 0.3 is 0 Å². The van der Waals surface area contributed by atoms with Crippen molar-refractivity contribution in [2.75, 3.05) is 6.54 Å². The van der Waals surface area contributed by atoms with E-state index in [0.717, 1.165) is 6.54 Å². The van der Waals surface area contributed by atoms with Crippen LogP contribution in [0.5, 0.6) is 0 Å². The van der Waals surface area contributed by atoms with Crippen LogP contribution in [-0.4, -0.2) is 6.54 Å². The Labute approximate surface area is 84.2 Å². The molecule has 0 amide bonds. The lowest BCUT2D eigenvalue weighted by Crippen LogP contribution is -2.45. The predicted octanol–water partition coefficient (Wildman–Crippen LogP) is 2.91. The molecular formula is C11H17NS. The molecule has 1 N–H and O–H groups in total. The number of thiophene rings is 1. The summed E-state index contributed by atoms with van der Waals surface area (Å²) in [5, 5.41) is 5.91. The van der Waals surface area contributed by atoms with Crippen LogP contribution in [0.2, 0.25) is 0 Å². The lowest BCUT2D eigenvalue weighted by molar-refractivity contribution is 0.295. The second kappa shape index (κ2) is 3.43. The maximum atomic E-state index is 3.68. The van der Waals surface area contributed by atoms with Crippen molar-refractivity contribution in [1.82, 2.24) is 5.32 Å². The summed E-state index contributed by atoms with van der Waals surface area (Å²) < 4.78 is 0. The fourth-order valence-corrected chi connectivity index (χ4v) is 3.33. The molecule has 0 aromatic carbocycles. The summed E-state index contributed by atoms with van der Waals surface area (Å²) in [4.78, 5) is 1.60. The first kappa shape index (κ1) is 9.22. The number of hydrogen-bond acceptors (Lipinski definition) is 2. The SMILES string of the molecule is CCC1(CC)NCCc2sccc21. The van der Waals surface area contributed by atoms with Crippen molar-refractivity contribution in [3.63, 3.8) is 0 Å². The molecule has 1 aliphatic heterocycles. The van der Waals surface area contributed by atoms with E-state index in [1.165, 1.54) is 19.3 Å². The largest absolute Gasteiger partial charge is 0.307 e. The second-order valence-corrected chi connectivity index (χ2v) is 4.72. The third-order valence-corrected chi connectivity index (χ3v) is 4.26. The molecule has 72 valence electrons. The molecule has 0 radical (unpaired) electrons. The molecule has 2 rings (SSSR count). The summed E-state index contributed by atoms with van der Waals surface area (Å²) in [6.07, 6.45) is 3.62. The fraction of sp³-hybridized carbons (Fsp3) is 0.636. The lowest BCUT2D eigenvalue weighted by Gasteiger charge is -2.37. The van der Waals surface area contributed by atoms with E-state index in [0.29, 0.717) is 0 Å². The fourth-order valence-electron chi connectivity index (χ4n) is 2.35. The van der Waals surface area contributed by atoms with Crippen molar-refractivity contribution in [2.45, 2.75) is 38.6 Å². The van der Waals surface area contributed by atoms with Crippen LogP contribution < -0.4 is 5.32 Å².